The van der Waals surface area contributed by atoms with E-state index in [1.165, 1.54) is 295 Å². The van der Waals surface area contributed by atoms with Crippen molar-refractivity contribution >= 4 is 11.9 Å². The summed E-state index contributed by atoms with van der Waals surface area (Å²) in [6, 6.07) is -0.631. The van der Waals surface area contributed by atoms with Gasteiger partial charge in [0.25, 0.3) is 0 Å². The molecule has 0 saturated carbocycles. The molecular weight excluding hydrogens is 959 g/mol. The number of nitrogens with one attached hydrogen (secondary N) is 1. The summed E-state index contributed by atoms with van der Waals surface area (Å²) in [5.41, 5.74) is 0. The van der Waals surface area contributed by atoms with Crippen LogP contribution in [-0.2, 0) is 14.3 Å². The van der Waals surface area contributed by atoms with Gasteiger partial charge in [0.1, 0.15) is 0 Å². The van der Waals surface area contributed by atoms with Gasteiger partial charge in [0.05, 0.1) is 25.4 Å². The first kappa shape index (κ1) is 75.8. The van der Waals surface area contributed by atoms with E-state index in [2.05, 4.69) is 55.6 Å². The van der Waals surface area contributed by atoms with Gasteiger partial charge in [0.2, 0.25) is 5.91 Å². The number of esters is 1. The largest absolute Gasteiger partial charge is 0.466 e. The molecule has 2 unspecified atom stereocenters. The van der Waals surface area contributed by atoms with Crippen molar-refractivity contribution in [3.63, 3.8) is 0 Å². The Bertz CT molecular complexity index is 1310. The Morgan fingerprint density at radius 2 is 0.641 bits per heavy atom. The van der Waals surface area contributed by atoms with E-state index in [4.69, 9.17) is 4.74 Å². The summed E-state index contributed by atoms with van der Waals surface area (Å²) in [6.07, 6.45) is 87.5. The third kappa shape index (κ3) is 63.0. The molecule has 3 N–H and O–H groups in total. The highest BCUT2D eigenvalue weighted by Gasteiger charge is 2.18. The molecule has 0 bridgehead atoms. The van der Waals surface area contributed by atoms with Gasteiger partial charge in [0, 0.05) is 12.8 Å². The number of rotatable bonds is 65. The van der Waals surface area contributed by atoms with Gasteiger partial charge < -0.3 is 20.3 Å². The molecule has 458 valence electrons. The van der Waals surface area contributed by atoms with Gasteiger partial charge in [-0.1, -0.05) is 319 Å². The van der Waals surface area contributed by atoms with E-state index in [1.54, 1.807) is 6.08 Å². The Balaban J connectivity index is 3.42. The molecule has 0 aliphatic carbocycles. The topological polar surface area (TPSA) is 95.9 Å². The van der Waals surface area contributed by atoms with E-state index in [0.29, 0.717) is 19.4 Å². The van der Waals surface area contributed by atoms with Crippen LogP contribution in [-0.4, -0.2) is 47.4 Å². The van der Waals surface area contributed by atoms with Crippen molar-refractivity contribution in [1.29, 1.82) is 0 Å². The highest BCUT2D eigenvalue weighted by Crippen LogP contribution is 2.18. The lowest BCUT2D eigenvalue weighted by molar-refractivity contribution is -0.143. The molecular formula is C72H135NO5. The predicted molar refractivity (Wildman–Crippen MR) is 342 cm³/mol. The fraction of sp³-hybridized carbons (Fsp3) is 0.861. The van der Waals surface area contributed by atoms with Crippen molar-refractivity contribution in [3.05, 3.63) is 48.6 Å². The molecule has 2 atom stereocenters. The Kier molecular flexibility index (Phi) is 65.4. The third-order valence-electron chi connectivity index (χ3n) is 16.1. The quantitative estimate of drug-likeness (QED) is 0.0320. The van der Waals surface area contributed by atoms with Crippen LogP contribution in [0.3, 0.4) is 0 Å². The molecule has 0 spiro atoms. The number of hydrogen-bond donors (Lipinski definition) is 3. The zero-order valence-corrected chi connectivity index (χ0v) is 52.4. The fourth-order valence-electron chi connectivity index (χ4n) is 10.7. The maximum Gasteiger partial charge on any atom is 0.305 e. The van der Waals surface area contributed by atoms with Gasteiger partial charge in [-0.3, -0.25) is 9.59 Å². The summed E-state index contributed by atoms with van der Waals surface area (Å²) in [7, 11) is 0. The number of aliphatic hydroxyl groups is 2. The Labute approximate surface area is 486 Å². The van der Waals surface area contributed by atoms with Crippen LogP contribution in [0.5, 0.6) is 0 Å². The molecule has 6 nitrogen and oxygen atoms in total. The molecule has 0 aliphatic rings. The minimum atomic E-state index is -0.847. The van der Waals surface area contributed by atoms with Crippen LogP contribution in [0.25, 0.3) is 0 Å². The van der Waals surface area contributed by atoms with Gasteiger partial charge in [0.15, 0.2) is 0 Å². The van der Waals surface area contributed by atoms with E-state index in [1.807, 2.05) is 6.08 Å². The van der Waals surface area contributed by atoms with Crippen LogP contribution >= 0.6 is 0 Å². The van der Waals surface area contributed by atoms with E-state index in [9.17, 15) is 19.8 Å². The summed E-state index contributed by atoms with van der Waals surface area (Å²) in [6.45, 7) is 4.90. The third-order valence-corrected chi connectivity index (χ3v) is 16.1. The summed E-state index contributed by atoms with van der Waals surface area (Å²) in [5.74, 6) is -0.0672. The predicted octanol–water partition coefficient (Wildman–Crippen LogP) is 22.5. The summed E-state index contributed by atoms with van der Waals surface area (Å²) in [4.78, 5) is 24.6. The number of carbonyl (C=O) groups is 2. The van der Waals surface area contributed by atoms with Gasteiger partial charge in [-0.05, 0) is 89.9 Å². The van der Waals surface area contributed by atoms with Gasteiger partial charge in [-0.25, -0.2) is 0 Å². The number of amides is 1. The lowest BCUT2D eigenvalue weighted by Gasteiger charge is -2.20. The number of ether oxygens (including phenoxy) is 1. The molecule has 1 amide bonds. The molecule has 0 aromatic carbocycles. The number of unbranched alkanes of at least 4 members (excludes halogenated alkanes) is 48. The standard InChI is InChI=1S/C72H135NO5/c1-3-5-7-9-11-13-15-17-19-20-21-30-33-37-40-44-48-52-56-60-64-70(75)69(68-74)73-71(76)65-61-57-53-49-45-41-38-34-31-28-26-24-22-23-25-27-29-32-35-39-43-47-51-55-59-63-67-78-72(77)66-62-58-54-50-46-42-36-18-16-14-12-10-8-6-4-2/h12,14,18,22,24,36,60,64,69-70,74-75H,3-11,13,15-17,19-21,23,25-35,37-59,61-63,65-68H2,1-2H3,(H,73,76)/b14-12-,24-22-,36-18-,64-60+. The molecule has 0 radical (unpaired) electrons. The maximum absolute atomic E-state index is 12.5. The van der Waals surface area contributed by atoms with E-state index in [-0.39, 0.29) is 18.5 Å². The molecule has 78 heavy (non-hydrogen) atoms. The molecule has 0 aromatic heterocycles. The zero-order valence-electron chi connectivity index (χ0n) is 52.4. The van der Waals surface area contributed by atoms with E-state index < -0.39 is 12.1 Å². The van der Waals surface area contributed by atoms with E-state index in [0.717, 1.165) is 51.4 Å². The smallest absolute Gasteiger partial charge is 0.305 e. The first-order chi connectivity index (χ1) is 38.5. The monoisotopic (exact) mass is 1090 g/mol. The second-order valence-electron chi connectivity index (χ2n) is 23.9. The first-order valence-corrected chi connectivity index (χ1v) is 34.9. The highest BCUT2D eigenvalue weighted by molar-refractivity contribution is 5.76. The first-order valence-electron chi connectivity index (χ1n) is 34.9. The Morgan fingerprint density at radius 1 is 0.359 bits per heavy atom. The van der Waals surface area contributed by atoms with Crippen molar-refractivity contribution in [1.82, 2.24) is 5.32 Å². The molecule has 0 fully saturated rings. The Morgan fingerprint density at radius 3 is 1.01 bits per heavy atom. The van der Waals surface area contributed by atoms with Gasteiger partial charge >= 0.3 is 5.97 Å². The number of hydrogen-bond acceptors (Lipinski definition) is 5. The highest BCUT2D eigenvalue weighted by atomic mass is 16.5. The lowest BCUT2D eigenvalue weighted by Crippen LogP contribution is -2.45. The molecule has 0 saturated heterocycles. The van der Waals surface area contributed by atoms with Crippen molar-refractivity contribution < 1.29 is 24.5 Å². The average Bonchev–Trinajstić information content (AvgIpc) is 3.44. The molecule has 0 aliphatic heterocycles. The van der Waals surface area contributed by atoms with Crippen molar-refractivity contribution in [2.75, 3.05) is 13.2 Å². The molecule has 6 heteroatoms. The number of carbonyl (C=O) groups excluding carboxylic acids is 2. The van der Waals surface area contributed by atoms with Crippen molar-refractivity contribution in [3.8, 4) is 0 Å². The molecule has 0 rings (SSSR count). The van der Waals surface area contributed by atoms with Crippen molar-refractivity contribution in [2.45, 2.75) is 386 Å². The van der Waals surface area contributed by atoms with Crippen molar-refractivity contribution in [2.24, 2.45) is 0 Å². The van der Waals surface area contributed by atoms with Gasteiger partial charge in [-0.15, -0.1) is 0 Å². The van der Waals surface area contributed by atoms with Crippen LogP contribution in [0.2, 0.25) is 0 Å². The van der Waals surface area contributed by atoms with Crippen LogP contribution in [0.15, 0.2) is 48.6 Å². The molecule has 0 heterocycles. The molecule has 0 aromatic rings. The van der Waals surface area contributed by atoms with Crippen LogP contribution in [0.1, 0.15) is 373 Å². The van der Waals surface area contributed by atoms with E-state index >= 15 is 0 Å². The minimum Gasteiger partial charge on any atom is -0.466 e. The van der Waals surface area contributed by atoms with Crippen LogP contribution in [0.4, 0.5) is 0 Å². The fourth-order valence-corrected chi connectivity index (χ4v) is 10.7. The van der Waals surface area contributed by atoms with Gasteiger partial charge in [-0.2, -0.15) is 0 Å². The summed E-state index contributed by atoms with van der Waals surface area (Å²) < 4.78 is 5.48. The number of allylic oxidation sites excluding steroid dienone is 7. The summed E-state index contributed by atoms with van der Waals surface area (Å²) in [5, 5.41) is 23.2. The van der Waals surface area contributed by atoms with Crippen LogP contribution in [0, 0.1) is 0 Å². The zero-order chi connectivity index (χ0) is 56.4. The maximum atomic E-state index is 12.5. The SMILES string of the molecule is CCCCC/C=C\C/C=C\CCCCCCCC(=O)OCCCCCCCCCCCCCC/C=C\CCCCCCCCCCCCC(=O)NC(CO)C(O)/C=C/CCCCCCCCCCCCCCCCCCCC. The van der Waals surface area contributed by atoms with Crippen LogP contribution < -0.4 is 5.32 Å². The second-order valence-corrected chi connectivity index (χ2v) is 23.9. The minimum absolute atomic E-state index is 0.0000106. The summed E-state index contributed by atoms with van der Waals surface area (Å²) >= 11 is 0. The Hall–Kier alpha value is -2.18. The lowest BCUT2D eigenvalue weighted by atomic mass is 10.0. The average molecular weight is 1090 g/mol. The number of aliphatic hydroxyl groups excluding tert-OH is 2. The second kappa shape index (κ2) is 67.3. The normalized spacial score (nSPS) is 12.8.